The molecule has 0 unspecified atom stereocenters. The molecule has 37 heavy (non-hydrogen) atoms. The summed E-state index contributed by atoms with van der Waals surface area (Å²) < 4.78 is 6.61. The number of aliphatic hydroxyl groups is 1. The number of halogens is 1. The van der Waals surface area contributed by atoms with E-state index in [1.165, 1.54) is 6.07 Å². The first-order chi connectivity index (χ1) is 17.4. The summed E-state index contributed by atoms with van der Waals surface area (Å²) in [7, 11) is 0. The fraction of sp³-hybridized carbons (Fsp3) is 0.310. The van der Waals surface area contributed by atoms with Crippen LogP contribution in [0.25, 0.3) is 0 Å². The third-order valence-electron chi connectivity index (χ3n) is 7.59. The molecule has 3 aromatic rings. The Morgan fingerprint density at radius 3 is 2.08 bits per heavy atom. The SMILES string of the molecule is O=C(C[N+]12CCC(CC1)[C@@H](OC(=O)C(O)(c1ccccc1)c1ccccc1)C2)Nc1cccc(O)c1.[Br-]. The van der Waals surface area contributed by atoms with Gasteiger partial charge in [-0.15, -0.1) is 0 Å². The lowest BCUT2D eigenvalue weighted by Crippen LogP contribution is -3.00. The van der Waals surface area contributed by atoms with Crippen molar-refractivity contribution >= 4 is 17.6 Å². The number of piperidine rings is 3. The number of nitrogens with one attached hydrogen (secondary N) is 1. The highest BCUT2D eigenvalue weighted by molar-refractivity contribution is 5.91. The van der Waals surface area contributed by atoms with Crippen LogP contribution in [0.5, 0.6) is 5.75 Å². The van der Waals surface area contributed by atoms with E-state index in [2.05, 4.69) is 5.32 Å². The van der Waals surface area contributed by atoms with Gasteiger partial charge in [-0.3, -0.25) is 4.79 Å². The van der Waals surface area contributed by atoms with Crippen LogP contribution in [0.3, 0.4) is 0 Å². The van der Waals surface area contributed by atoms with Gasteiger partial charge >= 0.3 is 5.97 Å². The zero-order valence-electron chi connectivity index (χ0n) is 20.4. The lowest BCUT2D eigenvalue weighted by Gasteiger charge is -2.51. The molecule has 2 bridgehead atoms. The van der Waals surface area contributed by atoms with Crippen LogP contribution in [-0.2, 0) is 19.9 Å². The van der Waals surface area contributed by atoms with Gasteiger partial charge < -0.3 is 41.7 Å². The normalized spacial score (nSPS) is 22.5. The van der Waals surface area contributed by atoms with E-state index < -0.39 is 11.6 Å². The summed E-state index contributed by atoms with van der Waals surface area (Å²) in [5.74, 6) is -0.536. The molecule has 0 radical (unpaired) electrons. The van der Waals surface area contributed by atoms with Gasteiger partial charge in [0.1, 0.15) is 12.3 Å². The maximum atomic E-state index is 13.6. The Labute approximate surface area is 227 Å². The van der Waals surface area contributed by atoms with Gasteiger partial charge in [-0.2, -0.15) is 0 Å². The zero-order chi connectivity index (χ0) is 25.2. The van der Waals surface area contributed by atoms with E-state index in [0.29, 0.717) is 27.8 Å². The first-order valence-corrected chi connectivity index (χ1v) is 12.4. The van der Waals surface area contributed by atoms with Gasteiger partial charge in [0.2, 0.25) is 5.60 Å². The number of amides is 1. The smallest absolute Gasteiger partial charge is 0.348 e. The summed E-state index contributed by atoms with van der Waals surface area (Å²) in [5.41, 5.74) is -0.468. The molecule has 0 aromatic heterocycles. The van der Waals surface area contributed by atoms with E-state index in [0.717, 1.165) is 25.9 Å². The summed E-state index contributed by atoms with van der Waals surface area (Å²) in [4.78, 5) is 26.5. The molecule has 3 aliphatic rings. The average molecular weight is 567 g/mol. The number of carbonyl (C=O) groups excluding carboxylic acids is 2. The fourth-order valence-electron chi connectivity index (χ4n) is 5.65. The van der Waals surface area contributed by atoms with Crippen molar-refractivity contribution in [1.82, 2.24) is 0 Å². The molecule has 7 nitrogen and oxygen atoms in total. The Morgan fingerprint density at radius 2 is 1.51 bits per heavy atom. The number of hydrogen-bond donors (Lipinski definition) is 3. The largest absolute Gasteiger partial charge is 1.00 e. The molecule has 3 fully saturated rings. The maximum absolute atomic E-state index is 13.6. The highest BCUT2D eigenvalue weighted by Crippen LogP contribution is 2.38. The van der Waals surface area contributed by atoms with Crippen LogP contribution in [0.15, 0.2) is 84.9 Å². The van der Waals surface area contributed by atoms with Crippen LogP contribution in [0.4, 0.5) is 5.69 Å². The summed E-state index contributed by atoms with van der Waals surface area (Å²) in [6.07, 6.45) is 1.33. The Balaban J connectivity index is 0.00000320. The number of carbonyl (C=O) groups is 2. The molecule has 0 saturated carbocycles. The van der Waals surface area contributed by atoms with Crippen molar-refractivity contribution in [2.45, 2.75) is 24.5 Å². The zero-order valence-corrected chi connectivity index (χ0v) is 22.0. The van der Waals surface area contributed by atoms with Crippen molar-refractivity contribution in [3.8, 4) is 5.75 Å². The van der Waals surface area contributed by atoms with Crippen molar-refractivity contribution in [2.24, 2.45) is 5.92 Å². The first kappa shape index (κ1) is 26.9. The number of benzene rings is 3. The number of phenols is 1. The summed E-state index contributed by atoms with van der Waals surface area (Å²) >= 11 is 0. The number of nitrogens with zero attached hydrogens (tertiary/aromatic N) is 1. The van der Waals surface area contributed by atoms with Crippen LogP contribution in [-0.4, -0.2) is 58.9 Å². The number of anilines is 1. The Morgan fingerprint density at radius 1 is 0.919 bits per heavy atom. The van der Waals surface area contributed by atoms with E-state index >= 15 is 0 Å². The molecule has 3 heterocycles. The lowest BCUT2D eigenvalue weighted by atomic mass is 9.82. The number of rotatable bonds is 7. The average Bonchev–Trinajstić information content (AvgIpc) is 2.89. The summed E-state index contributed by atoms with van der Waals surface area (Å²) in [5, 5.41) is 24.3. The first-order valence-electron chi connectivity index (χ1n) is 12.4. The van der Waals surface area contributed by atoms with E-state index in [9.17, 15) is 19.8 Å². The molecular formula is C29H31BrN2O5. The number of quaternary nitrogens is 1. The number of hydrogen-bond acceptors (Lipinski definition) is 5. The third kappa shape index (κ3) is 5.56. The quantitative estimate of drug-likeness (QED) is 0.284. The minimum atomic E-state index is -1.92. The number of phenolic OH excluding ortho intramolecular Hbond substituents is 1. The molecular weight excluding hydrogens is 536 g/mol. The molecule has 1 atom stereocenters. The predicted molar refractivity (Wildman–Crippen MR) is 135 cm³/mol. The fourth-order valence-corrected chi connectivity index (χ4v) is 5.65. The van der Waals surface area contributed by atoms with Gasteiger partial charge in [0.15, 0.2) is 12.6 Å². The topological polar surface area (TPSA) is 95.9 Å². The molecule has 6 rings (SSSR count). The van der Waals surface area contributed by atoms with Crippen LogP contribution in [0.1, 0.15) is 24.0 Å². The van der Waals surface area contributed by atoms with E-state index in [-0.39, 0.29) is 47.2 Å². The highest BCUT2D eigenvalue weighted by Gasteiger charge is 2.51. The lowest BCUT2D eigenvalue weighted by molar-refractivity contribution is -0.939. The van der Waals surface area contributed by atoms with E-state index in [1.807, 2.05) is 12.1 Å². The summed E-state index contributed by atoms with van der Waals surface area (Å²) in [6, 6.07) is 24.2. The van der Waals surface area contributed by atoms with Crippen LogP contribution < -0.4 is 22.3 Å². The molecule has 0 aliphatic carbocycles. The Bertz CT molecular complexity index is 1190. The van der Waals surface area contributed by atoms with Crippen molar-refractivity contribution in [2.75, 3.05) is 31.5 Å². The van der Waals surface area contributed by atoms with Crippen molar-refractivity contribution in [3.63, 3.8) is 0 Å². The van der Waals surface area contributed by atoms with Crippen LogP contribution >= 0.6 is 0 Å². The molecule has 3 aliphatic heterocycles. The molecule has 3 aromatic carbocycles. The molecule has 0 spiro atoms. The number of aromatic hydroxyl groups is 1. The predicted octanol–water partition coefficient (Wildman–Crippen LogP) is 0.423. The standard InChI is InChI=1S/C29H30N2O5.BrH/c32-25-13-7-12-24(18-25)30-27(33)20-31-16-14-21(15-17-31)26(19-31)36-28(34)29(35,22-8-3-1-4-9-22)23-10-5-2-6-11-23;/h1-13,18,21,26,35H,14-17,19-20H2,(H-,30,32,33);1H/t21?,26-,31?;/m0./s1. The Hall–Kier alpha value is -3.20. The number of esters is 1. The van der Waals surface area contributed by atoms with Gasteiger partial charge in [-0.05, 0) is 23.3 Å². The number of ether oxygens (including phenoxy) is 1. The van der Waals surface area contributed by atoms with Gasteiger partial charge in [0.05, 0.1) is 13.1 Å². The third-order valence-corrected chi connectivity index (χ3v) is 7.59. The van der Waals surface area contributed by atoms with Gasteiger partial charge in [-0.25, -0.2) is 4.79 Å². The van der Waals surface area contributed by atoms with Crippen molar-refractivity contribution in [3.05, 3.63) is 96.1 Å². The molecule has 194 valence electrons. The molecule has 3 saturated heterocycles. The molecule has 8 heteroatoms. The van der Waals surface area contributed by atoms with Gasteiger partial charge in [0, 0.05) is 30.5 Å². The van der Waals surface area contributed by atoms with Crippen LogP contribution in [0, 0.1) is 5.92 Å². The van der Waals surface area contributed by atoms with E-state index in [1.54, 1.807) is 66.7 Å². The second kappa shape index (κ2) is 11.0. The van der Waals surface area contributed by atoms with Crippen LogP contribution in [0.2, 0.25) is 0 Å². The highest BCUT2D eigenvalue weighted by atomic mass is 79.9. The Kier molecular flexibility index (Phi) is 8.02. The molecule has 3 N–H and O–H groups in total. The monoisotopic (exact) mass is 566 g/mol. The minimum Gasteiger partial charge on any atom is -1.00 e. The molecule has 1 amide bonds. The van der Waals surface area contributed by atoms with Crippen molar-refractivity contribution < 1.29 is 46.0 Å². The van der Waals surface area contributed by atoms with Crippen molar-refractivity contribution in [1.29, 1.82) is 0 Å². The number of fused-ring (bicyclic) bond motifs is 3. The second-order valence-corrected chi connectivity index (χ2v) is 9.95. The maximum Gasteiger partial charge on any atom is 0.348 e. The second-order valence-electron chi connectivity index (χ2n) is 9.95. The minimum absolute atomic E-state index is 0. The summed E-state index contributed by atoms with van der Waals surface area (Å²) in [6.45, 7) is 2.48. The van der Waals surface area contributed by atoms with Gasteiger partial charge in [-0.1, -0.05) is 66.7 Å². The van der Waals surface area contributed by atoms with Gasteiger partial charge in [0.25, 0.3) is 5.91 Å². The van der Waals surface area contributed by atoms with E-state index in [4.69, 9.17) is 4.74 Å².